The highest BCUT2D eigenvalue weighted by atomic mass is 35.5. The van der Waals surface area contributed by atoms with Gasteiger partial charge in [0.05, 0.1) is 12.1 Å². The minimum atomic E-state index is -0.942. The van der Waals surface area contributed by atoms with E-state index in [1.807, 2.05) is 0 Å². The number of carboxylic acid groups (broad SMARTS) is 1. The summed E-state index contributed by atoms with van der Waals surface area (Å²) in [5, 5.41) is 11.6. The maximum Gasteiger partial charge on any atom is 0.303 e. The first-order valence-electron chi connectivity index (χ1n) is 7.38. The van der Waals surface area contributed by atoms with Crippen LogP contribution >= 0.6 is 11.6 Å². The van der Waals surface area contributed by atoms with Crippen molar-refractivity contribution in [1.82, 2.24) is 5.32 Å². The van der Waals surface area contributed by atoms with E-state index in [1.54, 1.807) is 13.8 Å². The summed E-state index contributed by atoms with van der Waals surface area (Å²) in [6.45, 7) is 3.05. The van der Waals surface area contributed by atoms with Gasteiger partial charge in [0, 0.05) is 17.5 Å². The first-order chi connectivity index (χ1) is 11.6. The number of halogens is 1. The molecule has 0 aromatic heterocycles. The quantitative estimate of drug-likeness (QED) is 0.603. The monoisotopic (exact) mass is 372 g/mol. The van der Waals surface area contributed by atoms with Gasteiger partial charge in [0.2, 0.25) is 0 Å². The van der Waals surface area contributed by atoms with Crippen LogP contribution in [-0.4, -0.2) is 42.1 Å². The summed E-state index contributed by atoms with van der Waals surface area (Å²) in [4.78, 5) is 33.9. The van der Waals surface area contributed by atoms with E-state index in [0.717, 1.165) is 0 Å². The predicted molar refractivity (Wildman–Crippen MR) is 91.1 cm³/mol. The molecule has 4 N–H and O–H groups in total. The Morgan fingerprint density at radius 3 is 2.48 bits per heavy atom. The van der Waals surface area contributed by atoms with E-state index in [0.29, 0.717) is 0 Å². The second-order valence-electron chi connectivity index (χ2n) is 5.98. The molecule has 9 heteroatoms. The lowest BCUT2D eigenvalue weighted by atomic mass is 9.97. The van der Waals surface area contributed by atoms with Crippen molar-refractivity contribution in [3.8, 4) is 11.5 Å². The summed E-state index contributed by atoms with van der Waals surface area (Å²) in [6.07, 6.45) is 0.190. The normalized spacial score (nSPS) is 10.9. The Hall–Kier alpha value is -2.48. The predicted octanol–water partition coefficient (Wildman–Crippen LogP) is 1.59. The van der Waals surface area contributed by atoms with Crippen LogP contribution in [-0.2, 0) is 9.59 Å². The highest BCUT2D eigenvalue weighted by molar-refractivity contribution is 6.32. The van der Waals surface area contributed by atoms with Crippen LogP contribution in [0.3, 0.4) is 0 Å². The summed E-state index contributed by atoms with van der Waals surface area (Å²) >= 11 is 6.10. The molecule has 1 aromatic carbocycles. The number of methoxy groups -OCH3 is 1. The van der Waals surface area contributed by atoms with E-state index in [9.17, 15) is 14.4 Å². The van der Waals surface area contributed by atoms with Crippen LogP contribution < -0.4 is 20.5 Å². The average molecular weight is 373 g/mol. The summed E-state index contributed by atoms with van der Waals surface area (Å²) < 4.78 is 10.3. The molecule has 0 aliphatic rings. The Bertz CT molecular complexity index is 675. The van der Waals surface area contributed by atoms with Gasteiger partial charge >= 0.3 is 5.97 Å². The molecule has 0 saturated heterocycles. The van der Waals surface area contributed by atoms with Crippen LogP contribution in [0, 0.1) is 0 Å². The van der Waals surface area contributed by atoms with Crippen LogP contribution in [0.15, 0.2) is 12.1 Å². The second-order valence-corrected chi connectivity index (χ2v) is 6.38. The number of rotatable bonds is 9. The molecule has 0 radical (unpaired) electrons. The van der Waals surface area contributed by atoms with Gasteiger partial charge in [0.15, 0.2) is 18.1 Å². The Labute approximate surface area is 150 Å². The minimum absolute atomic E-state index is 0.0722. The fraction of sp³-hybridized carbons (Fsp3) is 0.438. The number of carbonyl (C=O) groups is 3. The van der Waals surface area contributed by atoms with Crippen LogP contribution in [0.4, 0.5) is 0 Å². The fourth-order valence-electron chi connectivity index (χ4n) is 2.00. The molecule has 0 heterocycles. The second kappa shape index (κ2) is 8.57. The molecule has 0 bridgehead atoms. The van der Waals surface area contributed by atoms with Gasteiger partial charge in [-0.05, 0) is 32.4 Å². The molecule has 0 atom stereocenters. The van der Waals surface area contributed by atoms with Crippen molar-refractivity contribution in [1.29, 1.82) is 0 Å². The average Bonchev–Trinajstić information content (AvgIpc) is 2.50. The molecule has 138 valence electrons. The zero-order valence-electron chi connectivity index (χ0n) is 14.2. The summed E-state index contributed by atoms with van der Waals surface area (Å²) in [5.41, 5.74) is 4.50. The number of carboxylic acids is 1. The minimum Gasteiger partial charge on any atom is -0.493 e. The lowest BCUT2D eigenvalue weighted by molar-refractivity contribution is -0.137. The molecule has 0 fully saturated rings. The lowest BCUT2D eigenvalue weighted by Crippen LogP contribution is -2.43. The van der Waals surface area contributed by atoms with Gasteiger partial charge in [-0.2, -0.15) is 0 Å². The molecule has 0 unspecified atom stereocenters. The zero-order chi connectivity index (χ0) is 19.2. The van der Waals surface area contributed by atoms with Crippen molar-refractivity contribution >= 4 is 29.4 Å². The molecule has 0 spiro atoms. The van der Waals surface area contributed by atoms with E-state index in [2.05, 4.69) is 5.32 Å². The van der Waals surface area contributed by atoms with E-state index in [4.69, 9.17) is 31.9 Å². The maximum absolute atomic E-state index is 12.4. The van der Waals surface area contributed by atoms with Gasteiger partial charge in [0.25, 0.3) is 11.8 Å². The van der Waals surface area contributed by atoms with E-state index in [-0.39, 0.29) is 41.5 Å². The third kappa shape index (κ3) is 6.50. The highest BCUT2D eigenvalue weighted by Gasteiger charge is 2.24. The van der Waals surface area contributed by atoms with Crippen molar-refractivity contribution in [2.75, 3.05) is 13.7 Å². The number of primary amides is 1. The number of benzene rings is 1. The number of hydrogen-bond acceptors (Lipinski definition) is 5. The number of hydrogen-bond donors (Lipinski definition) is 3. The van der Waals surface area contributed by atoms with Crippen molar-refractivity contribution in [2.45, 2.75) is 32.2 Å². The van der Waals surface area contributed by atoms with Gasteiger partial charge in [-0.3, -0.25) is 14.4 Å². The standard InChI is InChI=1S/C16H21ClN2O6/c1-16(2,5-4-13(21)22)19-15(23)9-6-10(17)14(11(7-9)24-3)25-8-12(18)20/h6-7H,4-5,8H2,1-3H3,(H2,18,20)(H,19,23)(H,21,22). The SMILES string of the molecule is COc1cc(C(=O)NC(C)(C)CCC(=O)O)cc(Cl)c1OCC(N)=O. The first-order valence-corrected chi connectivity index (χ1v) is 7.76. The molecule has 1 rings (SSSR count). The van der Waals surface area contributed by atoms with Crippen molar-refractivity contribution in [3.05, 3.63) is 22.7 Å². The van der Waals surface area contributed by atoms with Gasteiger partial charge in [-0.1, -0.05) is 11.6 Å². The van der Waals surface area contributed by atoms with E-state index in [1.165, 1.54) is 19.2 Å². The van der Waals surface area contributed by atoms with Gasteiger partial charge < -0.3 is 25.6 Å². The molecule has 0 aliphatic carbocycles. The fourth-order valence-corrected chi connectivity index (χ4v) is 2.26. The Kier molecular flexibility index (Phi) is 7.05. The van der Waals surface area contributed by atoms with E-state index < -0.39 is 23.3 Å². The lowest BCUT2D eigenvalue weighted by Gasteiger charge is -2.26. The number of nitrogens with one attached hydrogen (secondary N) is 1. The van der Waals surface area contributed by atoms with Gasteiger partial charge in [-0.25, -0.2) is 0 Å². The third-order valence-corrected chi connectivity index (χ3v) is 3.55. The highest BCUT2D eigenvalue weighted by Crippen LogP contribution is 2.36. The maximum atomic E-state index is 12.4. The molecule has 25 heavy (non-hydrogen) atoms. The number of ether oxygens (including phenoxy) is 2. The van der Waals surface area contributed by atoms with Gasteiger partial charge in [-0.15, -0.1) is 0 Å². The first kappa shape index (κ1) is 20.6. The number of carbonyl (C=O) groups excluding carboxylic acids is 2. The van der Waals surface area contributed by atoms with Crippen molar-refractivity contribution in [3.63, 3.8) is 0 Å². The van der Waals surface area contributed by atoms with Crippen molar-refractivity contribution < 1.29 is 29.0 Å². The molecular weight excluding hydrogens is 352 g/mol. The largest absolute Gasteiger partial charge is 0.493 e. The van der Waals surface area contributed by atoms with Crippen LogP contribution in [0.5, 0.6) is 11.5 Å². The molecule has 1 aromatic rings. The van der Waals surface area contributed by atoms with Crippen LogP contribution in [0.1, 0.15) is 37.0 Å². The third-order valence-electron chi connectivity index (χ3n) is 3.27. The molecular formula is C16H21ClN2O6. The van der Waals surface area contributed by atoms with Gasteiger partial charge in [0.1, 0.15) is 0 Å². The summed E-state index contributed by atoms with van der Waals surface area (Å²) in [6, 6.07) is 2.77. The molecule has 0 aliphatic heterocycles. The zero-order valence-corrected chi connectivity index (χ0v) is 15.0. The summed E-state index contributed by atoms with van der Waals surface area (Å²) in [7, 11) is 1.36. The summed E-state index contributed by atoms with van der Waals surface area (Å²) in [5.74, 6) is -1.80. The molecule has 8 nitrogen and oxygen atoms in total. The van der Waals surface area contributed by atoms with Crippen LogP contribution in [0.25, 0.3) is 0 Å². The smallest absolute Gasteiger partial charge is 0.303 e. The topological polar surface area (TPSA) is 128 Å². The van der Waals surface area contributed by atoms with E-state index >= 15 is 0 Å². The Morgan fingerprint density at radius 2 is 1.96 bits per heavy atom. The number of amides is 2. The van der Waals surface area contributed by atoms with Crippen molar-refractivity contribution in [2.24, 2.45) is 5.73 Å². The van der Waals surface area contributed by atoms with Crippen LogP contribution in [0.2, 0.25) is 5.02 Å². The molecule has 2 amide bonds. The Balaban J connectivity index is 2.97. The Morgan fingerprint density at radius 1 is 1.32 bits per heavy atom. The molecule has 0 saturated carbocycles. The number of nitrogens with two attached hydrogens (primary N) is 1. The number of aliphatic carboxylic acids is 1.